The number of hydrogen-bond donors (Lipinski definition) is 1. The summed E-state index contributed by atoms with van der Waals surface area (Å²) in [6.07, 6.45) is 3.43. The van der Waals surface area contributed by atoms with Gasteiger partial charge in [0.2, 0.25) is 0 Å². The number of benzene rings is 1. The number of rotatable bonds is 11. The van der Waals surface area contributed by atoms with Crippen LogP contribution in [0.15, 0.2) is 30.9 Å². The van der Waals surface area contributed by atoms with Gasteiger partial charge in [-0.1, -0.05) is 13.0 Å². The first-order chi connectivity index (χ1) is 10.2. The van der Waals surface area contributed by atoms with Crippen molar-refractivity contribution in [2.24, 2.45) is 0 Å². The Balaban J connectivity index is 2.54. The molecule has 0 spiro atoms. The number of ether oxygens (including phenoxy) is 2. The standard InChI is InChI=1S/C15H22N2O4/c1-3-5-10-20-11-8-16-13-6-7-14(17(18)19)15(12-13)21-9-4-2/h3,6-7,12,16H,1,4-5,8-11H2,2H3. The fourth-order valence-electron chi connectivity index (χ4n) is 1.64. The van der Waals surface area contributed by atoms with E-state index in [-0.39, 0.29) is 5.69 Å². The van der Waals surface area contributed by atoms with Crippen LogP contribution in [0.2, 0.25) is 0 Å². The maximum atomic E-state index is 10.9. The molecule has 6 nitrogen and oxygen atoms in total. The molecule has 1 aromatic carbocycles. The molecule has 0 aromatic heterocycles. The molecule has 0 saturated carbocycles. The predicted octanol–water partition coefficient (Wildman–Crippen LogP) is 3.39. The van der Waals surface area contributed by atoms with Gasteiger partial charge in [-0.2, -0.15) is 0 Å². The fourth-order valence-corrected chi connectivity index (χ4v) is 1.64. The Hall–Kier alpha value is -2.08. The number of nitrogens with zero attached hydrogens (tertiary/aromatic N) is 1. The van der Waals surface area contributed by atoms with Gasteiger partial charge in [0.25, 0.3) is 0 Å². The maximum Gasteiger partial charge on any atom is 0.311 e. The molecular formula is C15H22N2O4. The summed E-state index contributed by atoms with van der Waals surface area (Å²) in [5, 5.41) is 14.1. The lowest BCUT2D eigenvalue weighted by atomic mass is 10.2. The zero-order valence-electron chi connectivity index (χ0n) is 12.3. The summed E-state index contributed by atoms with van der Waals surface area (Å²) in [6, 6.07) is 4.77. The first kappa shape index (κ1) is 17.0. The average molecular weight is 294 g/mol. The zero-order chi connectivity index (χ0) is 15.5. The zero-order valence-corrected chi connectivity index (χ0v) is 12.3. The highest BCUT2D eigenvalue weighted by Gasteiger charge is 2.15. The SMILES string of the molecule is C=CCCOCCNc1ccc([N+](=O)[O-])c(OCCC)c1. The van der Waals surface area contributed by atoms with Gasteiger partial charge in [-0.25, -0.2) is 0 Å². The Morgan fingerprint density at radius 1 is 1.38 bits per heavy atom. The first-order valence-electron chi connectivity index (χ1n) is 7.02. The molecule has 0 bridgehead atoms. The molecule has 0 radical (unpaired) electrons. The Morgan fingerprint density at radius 2 is 2.19 bits per heavy atom. The lowest BCUT2D eigenvalue weighted by Crippen LogP contribution is -2.10. The van der Waals surface area contributed by atoms with Gasteiger partial charge < -0.3 is 14.8 Å². The molecule has 0 heterocycles. The van der Waals surface area contributed by atoms with Crippen LogP contribution in [-0.4, -0.2) is 31.3 Å². The molecule has 0 saturated heterocycles. The third kappa shape index (κ3) is 6.27. The van der Waals surface area contributed by atoms with Crippen LogP contribution in [0.4, 0.5) is 11.4 Å². The van der Waals surface area contributed by atoms with Crippen LogP contribution in [0.3, 0.4) is 0 Å². The third-order valence-electron chi connectivity index (χ3n) is 2.66. The predicted molar refractivity (Wildman–Crippen MR) is 83.0 cm³/mol. The van der Waals surface area contributed by atoms with Crippen molar-refractivity contribution in [2.75, 3.05) is 31.7 Å². The van der Waals surface area contributed by atoms with Crippen LogP contribution in [-0.2, 0) is 4.74 Å². The highest BCUT2D eigenvalue weighted by Crippen LogP contribution is 2.30. The van der Waals surface area contributed by atoms with E-state index in [4.69, 9.17) is 9.47 Å². The Bertz CT molecular complexity index is 463. The summed E-state index contributed by atoms with van der Waals surface area (Å²) in [5.41, 5.74) is 0.759. The second-order valence-corrected chi connectivity index (χ2v) is 4.40. The molecule has 1 N–H and O–H groups in total. The first-order valence-corrected chi connectivity index (χ1v) is 7.02. The highest BCUT2D eigenvalue weighted by molar-refractivity contribution is 5.58. The molecule has 1 rings (SSSR count). The highest BCUT2D eigenvalue weighted by atomic mass is 16.6. The van der Waals surface area contributed by atoms with E-state index in [9.17, 15) is 10.1 Å². The monoisotopic (exact) mass is 294 g/mol. The number of anilines is 1. The average Bonchev–Trinajstić information content (AvgIpc) is 2.48. The molecule has 0 amide bonds. The lowest BCUT2D eigenvalue weighted by molar-refractivity contribution is -0.385. The van der Waals surface area contributed by atoms with Crippen molar-refractivity contribution >= 4 is 11.4 Å². The van der Waals surface area contributed by atoms with E-state index in [2.05, 4.69) is 11.9 Å². The van der Waals surface area contributed by atoms with Crippen molar-refractivity contribution < 1.29 is 14.4 Å². The van der Waals surface area contributed by atoms with Crippen molar-refractivity contribution in [3.05, 3.63) is 41.0 Å². The van der Waals surface area contributed by atoms with E-state index in [0.717, 1.165) is 18.5 Å². The largest absolute Gasteiger partial charge is 0.487 e. The fraction of sp³-hybridized carbons (Fsp3) is 0.467. The summed E-state index contributed by atoms with van der Waals surface area (Å²) >= 11 is 0. The van der Waals surface area contributed by atoms with Gasteiger partial charge in [-0.3, -0.25) is 10.1 Å². The van der Waals surface area contributed by atoms with E-state index in [1.54, 1.807) is 18.2 Å². The van der Waals surface area contributed by atoms with Crippen LogP contribution in [0.25, 0.3) is 0 Å². The molecular weight excluding hydrogens is 272 g/mol. The minimum absolute atomic E-state index is 0.0174. The topological polar surface area (TPSA) is 73.6 Å². The second kappa shape index (κ2) is 9.77. The van der Waals surface area contributed by atoms with Crippen LogP contribution < -0.4 is 10.1 Å². The quantitative estimate of drug-likeness (QED) is 0.293. The normalized spacial score (nSPS) is 10.1. The number of nitro benzene ring substituents is 1. The van der Waals surface area contributed by atoms with Crippen LogP contribution in [0.1, 0.15) is 19.8 Å². The van der Waals surface area contributed by atoms with Crippen molar-refractivity contribution in [3.63, 3.8) is 0 Å². The molecule has 0 aliphatic rings. The van der Waals surface area contributed by atoms with Crippen molar-refractivity contribution in [1.29, 1.82) is 0 Å². The summed E-state index contributed by atoms with van der Waals surface area (Å²) in [4.78, 5) is 10.5. The molecule has 0 atom stereocenters. The van der Waals surface area contributed by atoms with Gasteiger partial charge in [0.05, 0.1) is 24.7 Å². The summed E-state index contributed by atoms with van der Waals surface area (Å²) < 4.78 is 10.8. The van der Waals surface area contributed by atoms with Gasteiger partial charge >= 0.3 is 5.69 Å². The second-order valence-electron chi connectivity index (χ2n) is 4.40. The molecule has 0 unspecified atom stereocenters. The third-order valence-corrected chi connectivity index (χ3v) is 2.66. The molecule has 0 aliphatic heterocycles. The van der Waals surface area contributed by atoms with E-state index < -0.39 is 4.92 Å². The van der Waals surface area contributed by atoms with Crippen molar-refractivity contribution in [3.8, 4) is 5.75 Å². The molecule has 116 valence electrons. The molecule has 6 heteroatoms. The van der Waals surface area contributed by atoms with Crippen LogP contribution in [0, 0.1) is 10.1 Å². The molecule has 21 heavy (non-hydrogen) atoms. The van der Waals surface area contributed by atoms with E-state index in [1.807, 2.05) is 6.92 Å². The van der Waals surface area contributed by atoms with Crippen LogP contribution >= 0.6 is 0 Å². The molecule has 1 aromatic rings. The van der Waals surface area contributed by atoms with Crippen molar-refractivity contribution in [1.82, 2.24) is 0 Å². The van der Waals surface area contributed by atoms with Gasteiger partial charge in [-0.05, 0) is 18.9 Å². The van der Waals surface area contributed by atoms with E-state index in [0.29, 0.717) is 32.1 Å². The van der Waals surface area contributed by atoms with Gasteiger partial charge in [0.1, 0.15) is 0 Å². The van der Waals surface area contributed by atoms with E-state index in [1.165, 1.54) is 6.07 Å². The smallest absolute Gasteiger partial charge is 0.311 e. The minimum atomic E-state index is -0.437. The summed E-state index contributed by atoms with van der Waals surface area (Å²) in [7, 11) is 0. The Morgan fingerprint density at radius 3 is 2.86 bits per heavy atom. The summed E-state index contributed by atoms with van der Waals surface area (Å²) in [5.74, 6) is 0.291. The number of nitrogens with one attached hydrogen (secondary N) is 1. The lowest BCUT2D eigenvalue weighted by Gasteiger charge is -2.10. The Labute approximate surface area is 124 Å². The van der Waals surface area contributed by atoms with Gasteiger partial charge in [0.15, 0.2) is 5.75 Å². The van der Waals surface area contributed by atoms with E-state index >= 15 is 0 Å². The van der Waals surface area contributed by atoms with Gasteiger partial charge in [-0.15, -0.1) is 6.58 Å². The maximum absolute atomic E-state index is 10.9. The number of nitro groups is 1. The van der Waals surface area contributed by atoms with Gasteiger partial charge in [0, 0.05) is 24.4 Å². The van der Waals surface area contributed by atoms with Crippen molar-refractivity contribution in [2.45, 2.75) is 19.8 Å². The molecule has 0 aliphatic carbocycles. The van der Waals surface area contributed by atoms with Crippen LogP contribution in [0.5, 0.6) is 5.75 Å². The number of hydrogen-bond acceptors (Lipinski definition) is 5. The Kier molecular flexibility index (Phi) is 7.89. The minimum Gasteiger partial charge on any atom is -0.487 e. The molecule has 0 fully saturated rings. The summed E-state index contributed by atoms with van der Waals surface area (Å²) in [6.45, 7) is 7.87.